The Labute approximate surface area is 119 Å². The van der Waals surface area contributed by atoms with Crippen LogP contribution in [0.5, 0.6) is 0 Å². The zero-order chi connectivity index (χ0) is 12.8. The first-order valence-electron chi connectivity index (χ1n) is 6.29. The van der Waals surface area contributed by atoms with Crippen molar-refractivity contribution < 1.29 is 9.90 Å². The highest BCUT2D eigenvalue weighted by atomic mass is 79.9. The van der Waals surface area contributed by atoms with Crippen LogP contribution in [0.15, 0.2) is 15.9 Å². The van der Waals surface area contributed by atoms with Gasteiger partial charge in [0.05, 0.1) is 5.41 Å². The monoisotopic (exact) mass is 329 g/mol. The van der Waals surface area contributed by atoms with Gasteiger partial charge in [-0.1, -0.05) is 6.42 Å². The van der Waals surface area contributed by atoms with Crippen molar-refractivity contribution >= 4 is 33.2 Å². The van der Waals surface area contributed by atoms with Gasteiger partial charge in [0.2, 0.25) is 0 Å². The SMILES string of the molecule is O=C(O)[C@@]12CCC[C@H]1CN(Cc1cc(Br)cs1)C2. The van der Waals surface area contributed by atoms with Crippen LogP contribution in [0.3, 0.4) is 0 Å². The van der Waals surface area contributed by atoms with Crippen LogP contribution in [0.4, 0.5) is 0 Å². The van der Waals surface area contributed by atoms with Crippen molar-refractivity contribution in [3.63, 3.8) is 0 Å². The summed E-state index contributed by atoms with van der Waals surface area (Å²) in [5.74, 6) is -0.224. The Hall–Kier alpha value is -0.390. The molecule has 1 saturated carbocycles. The zero-order valence-corrected chi connectivity index (χ0v) is 12.5. The van der Waals surface area contributed by atoms with E-state index in [2.05, 4.69) is 32.3 Å². The summed E-state index contributed by atoms with van der Waals surface area (Å²) < 4.78 is 1.12. The normalized spacial score (nSPS) is 31.7. The highest BCUT2D eigenvalue weighted by molar-refractivity contribution is 9.10. The van der Waals surface area contributed by atoms with E-state index in [0.717, 1.165) is 43.4 Å². The second-order valence-electron chi connectivity index (χ2n) is 5.45. The first-order valence-corrected chi connectivity index (χ1v) is 7.96. The van der Waals surface area contributed by atoms with Gasteiger partial charge >= 0.3 is 5.97 Å². The van der Waals surface area contributed by atoms with E-state index in [0.29, 0.717) is 5.92 Å². The van der Waals surface area contributed by atoms with E-state index in [1.165, 1.54) is 4.88 Å². The Morgan fingerprint density at radius 1 is 1.67 bits per heavy atom. The van der Waals surface area contributed by atoms with Gasteiger partial charge in [0.25, 0.3) is 0 Å². The van der Waals surface area contributed by atoms with Crippen LogP contribution >= 0.6 is 27.3 Å². The number of carboxylic acid groups (broad SMARTS) is 1. The van der Waals surface area contributed by atoms with Crippen molar-refractivity contribution in [1.82, 2.24) is 4.90 Å². The maximum atomic E-state index is 11.6. The fourth-order valence-corrected chi connectivity index (χ4v) is 5.01. The van der Waals surface area contributed by atoms with Crippen LogP contribution < -0.4 is 0 Å². The summed E-state index contributed by atoms with van der Waals surface area (Å²) in [6, 6.07) is 2.13. The molecule has 1 aliphatic heterocycles. The summed E-state index contributed by atoms with van der Waals surface area (Å²) in [6.07, 6.45) is 3.02. The second kappa shape index (κ2) is 4.62. The van der Waals surface area contributed by atoms with Gasteiger partial charge < -0.3 is 5.11 Å². The third kappa shape index (κ3) is 2.02. The van der Waals surface area contributed by atoms with Crippen molar-refractivity contribution in [1.29, 1.82) is 0 Å². The Kier molecular flexibility index (Phi) is 3.24. The Balaban J connectivity index is 1.73. The molecule has 1 N–H and O–H groups in total. The standard InChI is InChI=1S/C13H16BrNO2S/c14-10-4-11(18-7-10)6-15-5-9-2-1-3-13(9,8-15)12(16)17/h4,7,9H,1-3,5-6,8H2,(H,16,17)/t9-,13+/m0/s1. The molecule has 0 bridgehead atoms. The van der Waals surface area contributed by atoms with E-state index in [9.17, 15) is 9.90 Å². The number of aliphatic carboxylic acids is 1. The van der Waals surface area contributed by atoms with E-state index in [1.807, 2.05) is 0 Å². The third-order valence-corrected chi connectivity index (χ3v) is 6.05. The van der Waals surface area contributed by atoms with Crippen molar-refractivity contribution in [3.05, 3.63) is 20.8 Å². The lowest BCUT2D eigenvalue weighted by molar-refractivity contribution is -0.149. The summed E-state index contributed by atoms with van der Waals surface area (Å²) in [4.78, 5) is 15.2. The highest BCUT2D eigenvalue weighted by Gasteiger charge is 2.54. The average Bonchev–Trinajstić information content (AvgIpc) is 2.93. The van der Waals surface area contributed by atoms with Gasteiger partial charge in [-0.05, 0) is 40.8 Å². The first kappa shape index (κ1) is 12.6. The molecule has 2 atom stereocenters. The minimum atomic E-state index is -0.583. The number of carbonyl (C=O) groups is 1. The summed E-state index contributed by atoms with van der Waals surface area (Å²) in [7, 11) is 0. The number of nitrogens with zero attached hydrogens (tertiary/aromatic N) is 1. The van der Waals surface area contributed by atoms with Gasteiger partial charge in [-0.15, -0.1) is 11.3 Å². The van der Waals surface area contributed by atoms with E-state index >= 15 is 0 Å². The van der Waals surface area contributed by atoms with Crippen LogP contribution in [-0.4, -0.2) is 29.1 Å². The molecule has 3 rings (SSSR count). The predicted molar refractivity (Wildman–Crippen MR) is 74.7 cm³/mol. The van der Waals surface area contributed by atoms with E-state index in [1.54, 1.807) is 11.3 Å². The molecule has 1 aromatic heterocycles. The summed E-state index contributed by atoms with van der Waals surface area (Å²) in [5, 5.41) is 11.6. The van der Waals surface area contributed by atoms with Crippen LogP contribution in [-0.2, 0) is 11.3 Å². The Bertz CT molecular complexity index is 475. The fourth-order valence-electron chi connectivity index (χ4n) is 3.52. The molecule has 3 nitrogen and oxygen atoms in total. The molecule has 1 saturated heterocycles. The zero-order valence-electron chi connectivity index (χ0n) is 10.1. The number of carboxylic acids is 1. The van der Waals surface area contributed by atoms with Crippen LogP contribution in [0.1, 0.15) is 24.1 Å². The number of halogens is 1. The van der Waals surface area contributed by atoms with E-state index in [4.69, 9.17) is 0 Å². The number of fused-ring (bicyclic) bond motifs is 1. The molecular weight excluding hydrogens is 314 g/mol. The molecule has 1 aliphatic carbocycles. The second-order valence-corrected chi connectivity index (χ2v) is 7.36. The number of hydrogen-bond donors (Lipinski definition) is 1. The summed E-state index contributed by atoms with van der Waals surface area (Å²) >= 11 is 5.20. The topological polar surface area (TPSA) is 40.5 Å². The van der Waals surface area contributed by atoms with Gasteiger partial charge in [-0.2, -0.15) is 0 Å². The molecule has 2 aliphatic rings. The Morgan fingerprint density at radius 3 is 3.11 bits per heavy atom. The van der Waals surface area contributed by atoms with Gasteiger partial charge in [0.1, 0.15) is 0 Å². The maximum absolute atomic E-state index is 11.6. The van der Waals surface area contributed by atoms with Crippen molar-refractivity contribution in [3.8, 4) is 0 Å². The lowest BCUT2D eigenvalue weighted by Crippen LogP contribution is -2.35. The lowest BCUT2D eigenvalue weighted by Gasteiger charge is -2.23. The molecule has 98 valence electrons. The maximum Gasteiger partial charge on any atom is 0.311 e. The average molecular weight is 330 g/mol. The minimum absolute atomic E-state index is 0.360. The molecular formula is C13H16BrNO2S. The number of likely N-dealkylation sites (tertiary alicyclic amines) is 1. The highest BCUT2D eigenvalue weighted by Crippen LogP contribution is 2.49. The van der Waals surface area contributed by atoms with Crippen LogP contribution in [0.2, 0.25) is 0 Å². The van der Waals surface area contributed by atoms with Crippen molar-refractivity contribution in [2.24, 2.45) is 11.3 Å². The number of hydrogen-bond acceptors (Lipinski definition) is 3. The smallest absolute Gasteiger partial charge is 0.311 e. The molecule has 1 aromatic rings. The van der Waals surface area contributed by atoms with Gasteiger partial charge in [0, 0.05) is 34.4 Å². The minimum Gasteiger partial charge on any atom is -0.481 e. The fraction of sp³-hybridized carbons (Fsp3) is 0.615. The van der Waals surface area contributed by atoms with Crippen LogP contribution in [0.25, 0.3) is 0 Å². The molecule has 18 heavy (non-hydrogen) atoms. The van der Waals surface area contributed by atoms with E-state index < -0.39 is 11.4 Å². The Morgan fingerprint density at radius 2 is 2.50 bits per heavy atom. The predicted octanol–water partition coefficient (Wildman–Crippen LogP) is 3.20. The number of thiophene rings is 1. The van der Waals surface area contributed by atoms with Crippen LogP contribution in [0, 0.1) is 11.3 Å². The molecule has 2 heterocycles. The first-order chi connectivity index (χ1) is 8.60. The van der Waals surface area contributed by atoms with Crippen molar-refractivity contribution in [2.45, 2.75) is 25.8 Å². The number of rotatable bonds is 3. The third-order valence-electron chi connectivity index (χ3n) is 4.37. The largest absolute Gasteiger partial charge is 0.481 e. The summed E-state index contributed by atoms with van der Waals surface area (Å²) in [6.45, 7) is 2.56. The molecule has 2 fully saturated rings. The molecule has 0 unspecified atom stereocenters. The molecule has 0 amide bonds. The molecule has 0 radical (unpaired) electrons. The van der Waals surface area contributed by atoms with Gasteiger partial charge in [-0.25, -0.2) is 0 Å². The lowest BCUT2D eigenvalue weighted by atomic mass is 9.81. The van der Waals surface area contributed by atoms with Gasteiger partial charge in [0.15, 0.2) is 0 Å². The molecule has 0 aromatic carbocycles. The molecule has 0 spiro atoms. The quantitative estimate of drug-likeness (QED) is 0.925. The summed E-state index contributed by atoms with van der Waals surface area (Å²) in [5.41, 5.74) is -0.450. The molecule has 5 heteroatoms. The van der Waals surface area contributed by atoms with Gasteiger partial charge in [-0.3, -0.25) is 9.69 Å². The van der Waals surface area contributed by atoms with Crippen molar-refractivity contribution in [2.75, 3.05) is 13.1 Å². The van der Waals surface area contributed by atoms with E-state index in [-0.39, 0.29) is 0 Å².